The van der Waals surface area contributed by atoms with E-state index in [0.717, 1.165) is 29.7 Å². The number of anilines is 1. The number of hydrogen-bond acceptors (Lipinski definition) is 7. The molecule has 10 heteroatoms. The van der Waals surface area contributed by atoms with Crippen LogP contribution in [0.2, 0.25) is 18.6 Å². The monoisotopic (exact) mass is 672 g/mol. The highest BCUT2D eigenvalue weighted by atomic mass is 28.3. The third-order valence-electron chi connectivity index (χ3n) is 10.00. The molecule has 0 aromatic heterocycles. The van der Waals surface area contributed by atoms with Gasteiger partial charge < -0.3 is 24.2 Å². The number of methoxy groups -OCH3 is 1. The maximum atomic E-state index is 13.9. The van der Waals surface area contributed by atoms with Crippen LogP contribution in [-0.2, 0) is 36.8 Å². The number of carbonyl (C=O) groups excluding carboxylic acids is 3. The number of carbonyl (C=O) groups is 3. The van der Waals surface area contributed by atoms with E-state index in [1.54, 1.807) is 12.0 Å². The minimum atomic E-state index is -2.19. The van der Waals surface area contributed by atoms with Crippen molar-refractivity contribution in [2.24, 2.45) is 5.92 Å². The van der Waals surface area contributed by atoms with E-state index in [4.69, 9.17) is 14.2 Å². The lowest BCUT2D eigenvalue weighted by atomic mass is 9.94. The highest BCUT2D eigenvalue weighted by Gasteiger charge is 2.51. The molecular weight excluding hydrogens is 625 g/mol. The Labute approximate surface area is 284 Å². The molecule has 2 aliphatic heterocycles. The third-order valence-corrected chi connectivity index (χ3v) is 14.4. The number of aryl methyl sites for hydroxylation is 1. The van der Waals surface area contributed by atoms with Crippen LogP contribution in [0.4, 0.5) is 5.69 Å². The van der Waals surface area contributed by atoms with Crippen molar-refractivity contribution in [3.8, 4) is 5.75 Å². The lowest BCUT2D eigenvalue weighted by molar-refractivity contribution is -0.154. The molecule has 0 saturated carbocycles. The molecular formula is C38H48N2O7Si. The second kappa shape index (κ2) is 15.5. The number of rotatable bonds is 14. The molecule has 5 atom stereocenters. The number of esters is 1. The van der Waals surface area contributed by atoms with Crippen molar-refractivity contribution in [3.05, 3.63) is 90.0 Å². The Kier molecular flexibility index (Phi) is 11.4. The number of aliphatic hydroxyl groups is 1. The minimum Gasteiger partial charge on any atom is -0.497 e. The third kappa shape index (κ3) is 7.99. The van der Waals surface area contributed by atoms with Crippen molar-refractivity contribution < 1.29 is 33.7 Å². The van der Waals surface area contributed by atoms with Crippen LogP contribution in [0.5, 0.6) is 5.75 Å². The zero-order chi connectivity index (χ0) is 34.4. The fourth-order valence-electron chi connectivity index (χ4n) is 7.52. The van der Waals surface area contributed by atoms with E-state index in [-0.39, 0.29) is 61.5 Å². The molecule has 5 rings (SSSR count). The van der Waals surface area contributed by atoms with Gasteiger partial charge in [-0.15, -0.1) is 0 Å². The van der Waals surface area contributed by atoms with E-state index in [9.17, 15) is 19.5 Å². The molecule has 0 radical (unpaired) electrons. The van der Waals surface area contributed by atoms with Crippen LogP contribution in [0.15, 0.2) is 78.9 Å². The molecule has 2 amide bonds. The van der Waals surface area contributed by atoms with E-state index < -0.39 is 20.3 Å². The predicted molar refractivity (Wildman–Crippen MR) is 188 cm³/mol. The Bertz CT molecular complexity index is 1560. The SMILES string of the molecule is COc1ccc([Si](C)(C)[C@H]2[C@H](C)[C@H](CCc3cccc(N4C(=O)CC4OC(C)=O)c3)O[C@@H]2CC(=O)N(CCO)Cc2ccccc2)cc1. The quantitative estimate of drug-likeness (QED) is 0.145. The van der Waals surface area contributed by atoms with Crippen molar-refractivity contribution in [3.63, 3.8) is 0 Å². The molecule has 48 heavy (non-hydrogen) atoms. The van der Waals surface area contributed by atoms with Crippen molar-refractivity contribution in [2.75, 3.05) is 25.2 Å². The van der Waals surface area contributed by atoms with Crippen LogP contribution in [0.1, 0.15) is 44.2 Å². The largest absolute Gasteiger partial charge is 0.497 e. The van der Waals surface area contributed by atoms with Crippen LogP contribution in [0.3, 0.4) is 0 Å². The molecule has 1 unspecified atom stereocenters. The molecule has 256 valence electrons. The average molecular weight is 673 g/mol. The van der Waals surface area contributed by atoms with Gasteiger partial charge in [-0.05, 0) is 59.7 Å². The number of benzene rings is 3. The van der Waals surface area contributed by atoms with Crippen LogP contribution < -0.4 is 14.8 Å². The van der Waals surface area contributed by atoms with Crippen LogP contribution in [-0.4, -0.2) is 74.6 Å². The fraction of sp³-hybridized carbons (Fsp3) is 0.447. The number of ether oxygens (including phenoxy) is 3. The van der Waals surface area contributed by atoms with Gasteiger partial charge in [-0.2, -0.15) is 0 Å². The summed E-state index contributed by atoms with van der Waals surface area (Å²) in [7, 11) is -0.523. The Hall–Kier alpha value is -3.99. The summed E-state index contributed by atoms with van der Waals surface area (Å²) < 4.78 is 17.6. The smallest absolute Gasteiger partial charge is 0.304 e. The first-order valence-electron chi connectivity index (χ1n) is 16.8. The van der Waals surface area contributed by atoms with Gasteiger partial charge in [-0.1, -0.05) is 79.8 Å². The Morgan fingerprint density at radius 1 is 1.00 bits per heavy atom. The molecule has 2 heterocycles. The van der Waals surface area contributed by atoms with Gasteiger partial charge in [-0.3, -0.25) is 19.3 Å². The summed E-state index contributed by atoms with van der Waals surface area (Å²) >= 11 is 0. The van der Waals surface area contributed by atoms with Crippen molar-refractivity contribution >= 4 is 36.7 Å². The first kappa shape index (κ1) is 35.3. The Morgan fingerprint density at radius 2 is 1.71 bits per heavy atom. The topological polar surface area (TPSA) is 106 Å². The van der Waals surface area contributed by atoms with Gasteiger partial charge >= 0.3 is 5.97 Å². The van der Waals surface area contributed by atoms with E-state index in [1.165, 1.54) is 17.0 Å². The zero-order valence-corrected chi connectivity index (χ0v) is 29.6. The Morgan fingerprint density at radius 3 is 2.35 bits per heavy atom. The number of amides is 2. The van der Waals surface area contributed by atoms with Crippen molar-refractivity contribution in [1.82, 2.24) is 4.90 Å². The van der Waals surface area contributed by atoms with Crippen molar-refractivity contribution in [2.45, 2.75) is 83.1 Å². The summed E-state index contributed by atoms with van der Waals surface area (Å²) in [6.07, 6.45) is 1.01. The number of nitrogens with zero attached hydrogens (tertiary/aromatic N) is 2. The summed E-state index contributed by atoms with van der Waals surface area (Å²) in [5.41, 5.74) is 2.96. The van der Waals surface area contributed by atoms with E-state index in [1.807, 2.05) is 66.7 Å². The van der Waals surface area contributed by atoms with E-state index >= 15 is 0 Å². The Balaban J connectivity index is 1.35. The molecule has 0 spiro atoms. The van der Waals surface area contributed by atoms with Gasteiger partial charge in [0.25, 0.3) is 0 Å². The molecule has 9 nitrogen and oxygen atoms in total. The standard InChI is InChI=1S/C38H48N2O7Si/c1-26-33(19-14-28-12-9-13-30(22-28)40-36(44)24-37(40)46-27(2)42)47-34(38(26)48(4,5)32-17-15-31(45-3)16-18-32)23-35(43)39(20-21-41)25-29-10-7-6-8-11-29/h6-13,15-18,22,26,33-34,37-38,41H,14,19-21,23-25H2,1-5H3/t26-,33+,34-,37?,38+/m1/s1. The zero-order valence-electron chi connectivity index (χ0n) is 28.6. The maximum Gasteiger partial charge on any atom is 0.304 e. The second-order valence-electron chi connectivity index (χ2n) is 13.5. The molecule has 2 fully saturated rings. The molecule has 1 N–H and O–H groups in total. The molecule has 3 aromatic carbocycles. The molecule has 0 bridgehead atoms. The molecule has 2 aliphatic rings. The lowest BCUT2D eigenvalue weighted by Crippen LogP contribution is -2.54. The van der Waals surface area contributed by atoms with Crippen LogP contribution >= 0.6 is 0 Å². The van der Waals surface area contributed by atoms with Gasteiger partial charge in [0.2, 0.25) is 11.8 Å². The summed E-state index contributed by atoms with van der Waals surface area (Å²) in [4.78, 5) is 41.1. The molecule has 3 aromatic rings. The normalized spacial score (nSPS) is 22.2. The summed E-state index contributed by atoms with van der Waals surface area (Å²) in [6, 6.07) is 26.0. The van der Waals surface area contributed by atoms with Gasteiger partial charge in [0.05, 0.1) is 46.8 Å². The summed E-state index contributed by atoms with van der Waals surface area (Å²) in [5, 5.41) is 11.1. The highest BCUT2D eigenvalue weighted by molar-refractivity contribution is 6.91. The summed E-state index contributed by atoms with van der Waals surface area (Å²) in [5.74, 6) is 0.495. The maximum absolute atomic E-state index is 13.9. The molecule has 0 aliphatic carbocycles. The number of hydrogen-bond donors (Lipinski definition) is 1. The van der Waals surface area contributed by atoms with Gasteiger partial charge in [0, 0.05) is 25.7 Å². The number of β-lactam (4-membered cyclic amide) rings is 1. The summed E-state index contributed by atoms with van der Waals surface area (Å²) in [6.45, 7) is 8.92. The van der Waals surface area contributed by atoms with Crippen LogP contribution in [0, 0.1) is 5.92 Å². The molecule has 2 saturated heterocycles. The average Bonchev–Trinajstić information content (AvgIpc) is 3.38. The van der Waals surface area contributed by atoms with Gasteiger partial charge in [-0.25, -0.2) is 0 Å². The van der Waals surface area contributed by atoms with Gasteiger partial charge in [0.1, 0.15) is 5.75 Å². The van der Waals surface area contributed by atoms with Crippen molar-refractivity contribution in [1.29, 1.82) is 0 Å². The first-order valence-corrected chi connectivity index (χ1v) is 19.9. The van der Waals surface area contributed by atoms with Crippen LogP contribution in [0.25, 0.3) is 0 Å². The van der Waals surface area contributed by atoms with Gasteiger partial charge in [0.15, 0.2) is 6.23 Å². The second-order valence-corrected chi connectivity index (χ2v) is 18.2. The first-order chi connectivity index (χ1) is 23.0. The minimum absolute atomic E-state index is 0.0236. The highest BCUT2D eigenvalue weighted by Crippen LogP contribution is 2.46. The number of aliphatic hydroxyl groups excluding tert-OH is 1. The van der Waals surface area contributed by atoms with E-state index in [0.29, 0.717) is 12.2 Å². The fourth-order valence-corrected chi connectivity index (χ4v) is 11.6. The van der Waals surface area contributed by atoms with E-state index in [2.05, 4.69) is 32.2 Å². The lowest BCUT2D eigenvalue weighted by Gasteiger charge is -2.39. The predicted octanol–water partition coefficient (Wildman–Crippen LogP) is 5.05.